The first-order chi connectivity index (χ1) is 14.2. The number of likely N-dealkylation sites (tertiary alicyclic amines) is 1. The normalized spacial score (nSPS) is 18.1. The van der Waals surface area contributed by atoms with Crippen molar-refractivity contribution < 1.29 is 14.0 Å². The highest BCUT2D eigenvalue weighted by molar-refractivity contribution is 5.89. The summed E-state index contributed by atoms with van der Waals surface area (Å²) in [6.45, 7) is 7.70. The van der Waals surface area contributed by atoms with Gasteiger partial charge >= 0.3 is 6.03 Å². The number of carbonyl (C=O) groups excluding carboxylic acids is 1. The minimum Gasteiger partial charge on any atom is -0.324 e. The van der Waals surface area contributed by atoms with E-state index in [4.69, 9.17) is 4.84 Å². The van der Waals surface area contributed by atoms with E-state index in [0.29, 0.717) is 25.9 Å². The summed E-state index contributed by atoms with van der Waals surface area (Å²) in [6.07, 6.45) is 3.45. The SMILES string of the molecule is CC(C)(C)c1ccc(NC(=O)N2CCC3(C=C(c4ccc(F)cc4)NO3)CC2)cc1. The maximum absolute atomic E-state index is 13.2. The van der Waals surface area contributed by atoms with E-state index >= 15 is 0 Å². The zero-order chi connectivity index (χ0) is 21.4. The van der Waals surface area contributed by atoms with Crippen LogP contribution in [-0.2, 0) is 10.3 Å². The van der Waals surface area contributed by atoms with E-state index in [0.717, 1.165) is 16.9 Å². The topological polar surface area (TPSA) is 53.6 Å². The van der Waals surface area contributed by atoms with Crippen molar-refractivity contribution in [3.63, 3.8) is 0 Å². The molecule has 158 valence electrons. The van der Waals surface area contributed by atoms with Gasteiger partial charge in [-0.05, 0) is 59.0 Å². The largest absolute Gasteiger partial charge is 0.324 e. The number of hydroxylamine groups is 1. The molecule has 0 aliphatic carbocycles. The molecule has 0 saturated carbocycles. The van der Waals surface area contributed by atoms with Gasteiger partial charge in [-0.3, -0.25) is 10.3 Å². The number of amides is 2. The molecule has 1 spiro atoms. The molecule has 6 heteroatoms. The van der Waals surface area contributed by atoms with Crippen molar-refractivity contribution in [2.45, 2.75) is 44.6 Å². The van der Waals surface area contributed by atoms with Gasteiger partial charge in [-0.1, -0.05) is 32.9 Å². The van der Waals surface area contributed by atoms with Crippen LogP contribution < -0.4 is 10.8 Å². The highest BCUT2D eigenvalue weighted by Gasteiger charge is 2.39. The van der Waals surface area contributed by atoms with E-state index in [1.54, 1.807) is 12.1 Å². The number of hydrogen-bond acceptors (Lipinski definition) is 3. The van der Waals surface area contributed by atoms with Gasteiger partial charge in [0.25, 0.3) is 0 Å². The molecule has 2 aromatic rings. The molecular weight excluding hydrogens is 381 g/mol. The lowest BCUT2D eigenvalue weighted by Gasteiger charge is -2.36. The van der Waals surface area contributed by atoms with Crippen LogP contribution >= 0.6 is 0 Å². The van der Waals surface area contributed by atoms with Crippen molar-refractivity contribution in [2.75, 3.05) is 18.4 Å². The molecule has 1 saturated heterocycles. The number of hydrogen-bond donors (Lipinski definition) is 2. The zero-order valence-electron chi connectivity index (χ0n) is 17.7. The van der Waals surface area contributed by atoms with Crippen molar-refractivity contribution in [3.8, 4) is 0 Å². The Morgan fingerprint density at radius 1 is 1.07 bits per heavy atom. The van der Waals surface area contributed by atoms with Crippen LogP contribution in [-0.4, -0.2) is 29.6 Å². The fourth-order valence-corrected chi connectivity index (χ4v) is 3.84. The molecule has 0 unspecified atom stereocenters. The predicted octanol–water partition coefficient (Wildman–Crippen LogP) is 5.07. The number of nitrogens with one attached hydrogen (secondary N) is 2. The fraction of sp³-hybridized carbons (Fsp3) is 0.375. The van der Waals surface area contributed by atoms with Crippen LogP contribution in [0.2, 0.25) is 0 Å². The van der Waals surface area contributed by atoms with E-state index in [-0.39, 0.29) is 17.3 Å². The van der Waals surface area contributed by atoms with Gasteiger partial charge in [0.2, 0.25) is 0 Å². The Balaban J connectivity index is 1.35. The molecular formula is C24H28FN3O2. The summed E-state index contributed by atoms with van der Waals surface area (Å²) in [6, 6.07) is 14.2. The molecule has 2 heterocycles. The molecule has 2 aliphatic rings. The van der Waals surface area contributed by atoms with E-state index in [1.807, 2.05) is 17.0 Å². The summed E-state index contributed by atoms with van der Waals surface area (Å²) < 4.78 is 13.2. The zero-order valence-corrected chi connectivity index (χ0v) is 17.7. The second kappa shape index (κ2) is 7.76. The Morgan fingerprint density at radius 2 is 1.70 bits per heavy atom. The van der Waals surface area contributed by atoms with Gasteiger partial charge in [0.1, 0.15) is 11.4 Å². The van der Waals surface area contributed by atoms with Crippen LogP contribution in [0.4, 0.5) is 14.9 Å². The maximum atomic E-state index is 13.2. The smallest absolute Gasteiger partial charge is 0.321 e. The molecule has 2 aromatic carbocycles. The number of benzene rings is 2. The van der Waals surface area contributed by atoms with Gasteiger partial charge in [0.15, 0.2) is 0 Å². The first kappa shape index (κ1) is 20.4. The molecule has 1 fully saturated rings. The molecule has 0 aromatic heterocycles. The number of carbonyl (C=O) groups is 1. The lowest BCUT2D eigenvalue weighted by molar-refractivity contribution is -0.0634. The predicted molar refractivity (Wildman–Crippen MR) is 116 cm³/mol. The Morgan fingerprint density at radius 3 is 2.30 bits per heavy atom. The Bertz CT molecular complexity index is 938. The van der Waals surface area contributed by atoms with Crippen LogP contribution in [0, 0.1) is 5.82 Å². The van der Waals surface area contributed by atoms with Gasteiger partial charge in [0.05, 0.1) is 5.70 Å². The van der Waals surface area contributed by atoms with E-state index < -0.39 is 5.60 Å². The van der Waals surface area contributed by atoms with Gasteiger partial charge < -0.3 is 10.2 Å². The van der Waals surface area contributed by atoms with Crippen molar-refractivity contribution in [1.29, 1.82) is 0 Å². The molecule has 0 atom stereocenters. The molecule has 5 nitrogen and oxygen atoms in total. The second-order valence-electron chi connectivity index (χ2n) is 9.08. The highest BCUT2D eigenvalue weighted by atomic mass is 19.1. The number of urea groups is 1. The van der Waals surface area contributed by atoms with Gasteiger partial charge in [-0.15, -0.1) is 0 Å². The van der Waals surface area contributed by atoms with Crippen LogP contribution in [0.25, 0.3) is 5.70 Å². The Labute approximate surface area is 176 Å². The number of rotatable bonds is 2. The minimum absolute atomic E-state index is 0.0827. The van der Waals surface area contributed by atoms with Gasteiger partial charge in [-0.25, -0.2) is 9.18 Å². The Hall–Kier alpha value is -2.86. The Kier molecular flexibility index (Phi) is 5.28. The third-order valence-electron chi connectivity index (χ3n) is 5.83. The minimum atomic E-state index is -0.436. The quantitative estimate of drug-likeness (QED) is 0.729. The van der Waals surface area contributed by atoms with Crippen molar-refractivity contribution in [3.05, 3.63) is 71.6 Å². The van der Waals surface area contributed by atoms with Crippen LogP contribution in [0.3, 0.4) is 0 Å². The first-order valence-electron chi connectivity index (χ1n) is 10.3. The van der Waals surface area contributed by atoms with Gasteiger partial charge in [-0.2, -0.15) is 0 Å². The lowest BCUT2D eigenvalue weighted by atomic mass is 9.87. The summed E-state index contributed by atoms with van der Waals surface area (Å²) in [5, 5.41) is 2.99. The number of anilines is 1. The van der Waals surface area contributed by atoms with Crippen LogP contribution in [0.5, 0.6) is 0 Å². The number of nitrogens with zero attached hydrogens (tertiary/aromatic N) is 1. The summed E-state index contributed by atoms with van der Waals surface area (Å²) >= 11 is 0. The molecule has 0 radical (unpaired) electrons. The lowest BCUT2D eigenvalue weighted by Crippen LogP contribution is -2.48. The molecule has 2 aliphatic heterocycles. The monoisotopic (exact) mass is 409 g/mol. The third-order valence-corrected chi connectivity index (χ3v) is 5.83. The molecule has 0 bridgehead atoms. The highest BCUT2D eigenvalue weighted by Crippen LogP contribution is 2.35. The van der Waals surface area contributed by atoms with Crippen molar-refractivity contribution >= 4 is 17.4 Å². The molecule has 2 amide bonds. The van der Waals surface area contributed by atoms with E-state index in [9.17, 15) is 9.18 Å². The number of piperidine rings is 1. The van der Waals surface area contributed by atoms with Crippen LogP contribution in [0.1, 0.15) is 44.7 Å². The molecule has 2 N–H and O–H groups in total. The average Bonchev–Trinajstić information content (AvgIpc) is 3.12. The molecule has 4 rings (SSSR count). The number of halogens is 1. The third kappa shape index (κ3) is 4.33. The summed E-state index contributed by atoms with van der Waals surface area (Å²) in [5.41, 5.74) is 6.37. The summed E-state index contributed by atoms with van der Waals surface area (Å²) in [4.78, 5) is 20.4. The fourth-order valence-electron chi connectivity index (χ4n) is 3.84. The van der Waals surface area contributed by atoms with E-state index in [1.165, 1.54) is 17.7 Å². The standard InChI is InChI=1S/C24H28FN3O2/c1-23(2,3)18-6-10-20(11-7-18)26-22(29)28-14-12-24(13-15-28)16-21(27-30-24)17-4-8-19(25)9-5-17/h4-11,16,27H,12-15H2,1-3H3,(H,26,29). The van der Waals surface area contributed by atoms with Crippen molar-refractivity contribution in [2.24, 2.45) is 0 Å². The average molecular weight is 410 g/mol. The van der Waals surface area contributed by atoms with Crippen LogP contribution in [0.15, 0.2) is 54.6 Å². The summed E-state index contributed by atoms with van der Waals surface area (Å²) in [5.74, 6) is -0.264. The maximum Gasteiger partial charge on any atom is 0.321 e. The second-order valence-corrected chi connectivity index (χ2v) is 9.08. The van der Waals surface area contributed by atoms with Crippen molar-refractivity contribution in [1.82, 2.24) is 10.4 Å². The first-order valence-corrected chi connectivity index (χ1v) is 10.3. The summed E-state index contributed by atoms with van der Waals surface area (Å²) in [7, 11) is 0. The molecule has 30 heavy (non-hydrogen) atoms. The van der Waals surface area contributed by atoms with E-state index in [2.05, 4.69) is 49.8 Å². The van der Waals surface area contributed by atoms with Gasteiger partial charge in [0, 0.05) is 31.6 Å².